The van der Waals surface area contributed by atoms with Crippen LogP contribution in [0.3, 0.4) is 0 Å². The molecule has 3 nitrogen and oxygen atoms in total. The molecule has 0 amide bonds. The fraction of sp³-hybridized carbons (Fsp3) is 0.455. The SMILES string of the molecule is CCOCC(O)c1ccc(OC)cc1F. The Bertz CT molecular complexity index is 315. The van der Waals surface area contributed by atoms with E-state index in [4.69, 9.17) is 9.47 Å². The lowest BCUT2D eigenvalue weighted by molar-refractivity contribution is 0.0401. The molecule has 0 heterocycles. The predicted molar refractivity (Wildman–Crippen MR) is 54.4 cm³/mol. The zero-order chi connectivity index (χ0) is 11.3. The van der Waals surface area contributed by atoms with Gasteiger partial charge in [-0.1, -0.05) is 0 Å². The lowest BCUT2D eigenvalue weighted by Gasteiger charge is -2.12. The first-order valence-electron chi connectivity index (χ1n) is 4.78. The second-order valence-electron chi connectivity index (χ2n) is 3.06. The molecule has 0 aromatic heterocycles. The van der Waals surface area contributed by atoms with E-state index in [1.165, 1.54) is 19.2 Å². The third kappa shape index (κ3) is 3.18. The first-order valence-corrected chi connectivity index (χ1v) is 4.78. The number of benzene rings is 1. The summed E-state index contributed by atoms with van der Waals surface area (Å²) in [6.07, 6.45) is -0.934. The molecule has 1 N–H and O–H groups in total. The van der Waals surface area contributed by atoms with Gasteiger partial charge in [0, 0.05) is 18.2 Å². The van der Waals surface area contributed by atoms with E-state index in [1.807, 2.05) is 6.92 Å². The van der Waals surface area contributed by atoms with Gasteiger partial charge in [-0.15, -0.1) is 0 Å². The van der Waals surface area contributed by atoms with Crippen molar-refractivity contribution in [3.8, 4) is 5.75 Å². The predicted octanol–water partition coefficient (Wildman–Crippen LogP) is 1.90. The fourth-order valence-corrected chi connectivity index (χ4v) is 1.22. The molecule has 0 saturated heterocycles. The summed E-state index contributed by atoms with van der Waals surface area (Å²) < 4.78 is 23.3. The van der Waals surface area contributed by atoms with E-state index in [0.29, 0.717) is 12.4 Å². The molecule has 0 radical (unpaired) electrons. The van der Waals surface area contributed by atoms with Crippen LogP contribution in [0.5, 0.6) is 5.75 Å². The summed E-state index contributed by atoms with van der Waals surface area (Å²) in [5, 5.41) is 9.59. The van der Waals surface area contributed by atoms with E-state index in [2.05, 4.69) is 0 Å². The lowest BCUT2D eigenvalue weighted by atomic mass is 10.1. The van der Waals surface area contributed by atoms with Crippen LogP contribution in [-0.2, 0) is 4.74 Å². The molecule has 0 aliphatic carbocycles. The van der Waals surface area contributed by atoms with Crippen LogP contribution in [0.2, 0.25) is 0 Å². The van der Waals surface area contributed by atoms with E-state index in [9.17, 15) is 9.50 Å². The molecule has 1 aromatic rings. The number of rotatable bonds is 5. The quantitative estimate of drug-likeness (QED) is 0.813. The van der Waals surface area contributed by atoms with Crippen molar-refractivity contribution in [3.63, 3.8) is 0 Å². The maximum Gasteiger partial charge on any atom is 0.132 e. The number of hydrogen-bond donors (Lipinski definition) is 1. The molecule has 84 valence electrons. The summed E-state index contributed by atoms with van der Waals surface area (Å²) in [4.78, 5) is 0. The Balaban J connectivity index is 2.76. The van der Waals surface area contributed by atoms with Crippen LogP contribution in [0.4, 0.5) is 4.39 Å². The molecule has 4 heteroatoms. The van der Waals surface area contributed by atoms with Crippen molar-refractivity contribution in [2.75, 3.05) is 20.3 Å². The van der Waals surface area contributed by atoms with Gasteiger partial charge in [0.2, 0.25) is 0 Å². The molecule has 0 spiro atoms. The van der Waals surface area contributed by atoms with Gasteiger partial charge < -0.3 is 14.6 Å². The van der Waals surface area contributed by atoms with Crippen molar-refractivity contribution in [3.05, 3.63) is 29.6 Å². The van der Waals surface area contributed by atoms with E-state index >= 15 is 0 Å². The van der Waals surface area contributed by atoms with Crippen molar-refractivity contribution >= 4 is 0 Å². The third-order valence-electron chi connectivity index (χ3n) is 2.05. The standard InChI is InChI=1S/C11H15FO3/c1-3-15-7-11(13)9-5-4-8(14-2)6-10(9)12/h4-6,11,13H,3,7H2,1-2H3. The van der Waals surface area contributed by atoms with Crippen molar-refractivity contribution in [1.29, 1.82) is 0 Å². The molecule has 1 aromatic carbocycles. The van der Waals surface area contributed by atoms with Gasteiger partial charge in [0.1, 0.15) is 17.7 Å². The molecule has 1 atom stereocenters. The third-order valence-corrected chi connectivity index (χ3v) is 2.05. The number of hydrogen-bond acceptors (Lipinski definition) is 3. The molecule has 1 rings (SSSR count). The summed E-state index contributed by atoms with van der Waals surface area (Å²) in [6, 6.07) is 4.34. The Kier molecular flexibility index (Phi) is 4.52. The topological polar surface area (TPSA) is 38.7 Å². The average molecular weight is 214 g/mol. The van der Waals surface area contributed by atoms with Gasteiger partial charge in [-0.2, -0.15) is 0 Å². The Morgan fingerprint density at radius 1 is 1.47 bits per heavy atom. The summed E-state index contributed by atoms with van der Waals surface area (Å²) in [5.74, 6) is -0.0542. The highest BCUT2D eigenvalue weighted by Gasteiger charge is 2.13. The Labute approximate surface area is 88.4 Å². The van der Waals surface area contributed by atoms with Gasteiger partial charge >= 0.3 is 0 Å². The summed E-state index contributed by atoms with van der Waals surface area (Å²) in [6.45, 7) is 2.41. The first-order chi connectivity index (χ1) is 7.19. The molecule has 0 saturated carbocycles. The summed E-state index contributed by atoms with van der Waals surface area (Å²) in [7, 11) is 1.46. The van der Waals surface area contributed by atoms with Crippen molar-refractivity contribution in [2.24, 2.45) is 0 Å². The van der Waals surface area contributed by atoms with Crippen molar-refractivity contribution in [1.82, 2.24) is 0 Å². The minimum Gasteiger partial charge on any atom is -0.497 e. The highest BCUT2D eigenvalue weighted by Crippen LogP contribution is 2.21. The van der Waals surface area contributed by atoms with E-state index in [0.717, 1.165) is 0 Å². The molecule has 0 bridgehead atoms. The average Bonchev–Trinajstić information content (AvgIpc) is 2.25. The molecule has 0 fully saturated rings. The maximum atomic E-state index is 13.4. The highest BCUT2D eigenvalue weighted by atomic mass is 19.1. The monoisotopic (exact) mass is 214 g/mol. The molecular weight excluding hydrogens is 199 g/mol. The minimum atomic E-state index is -0.934. The van der Waals surface area contributed by atoms with Gasteiger partial charge in [0.05, 0.1) is 13.7 Å². The van der Waals surface area contributed by atoms with Crippen LogP contribution in [0.15, 0.2) is 18.2 Å². The first kappa shape index (κ1) is 11.9. The molecular formula is C11H15FO3. The van der Waals surface area contributed by atoms with Crippen LogP contribution in [0.1, 0.15) is 18.6 Å². The van der Waals surface area contributed by atoms with Crippen LogP contribution < -0.4 is 4.74 Å². The number of halogens is 1. The molecule has 0 aliphatic rings. The lowest BCUT2D eigenvalue weighted by Crippen LogP contribution is -2.09. The number of aliphatic hydroxyl groups is 1. The van der Waals surface area contributed by atoms with E-state index < -0.39 is 11.9 Å². The van der Waals surface area contributed by atoms with Gasteiger partial charge in [-0.25, -0.2) is 4.39 Å². The second-order valence-corrected chi connectivity index (χ2v) is 3.06. The van der Waals surface area contributed by atoms with Gasteiger partial charge in [0.15, 0.2) is 0 Å². The molecule has 0 aliphatic heterocycles. The fourth-order valence-electron chi connectivity index (χ4n) is 1.22. The zero-order valence-electron chi connectivity index (χ0n) is 8.87. The largest absolute Gasteiger partial charge is 0.497 e. The van der Waals surface area contributed by atoms with Crippen LogP contribution in [0, 0.1) is 5.82 Å². The van der Waals surface area contributed by atoms with Crippen LogP contribution >= 0.6 is 0 Å². The summed E-state index contributed by atoms with van der Waals surface area (Å²) in [5.41, 5.74) is 0.226. The number of methoxy groups -OCH3 is 1. The number of ether oxygens (including phenoxy) is 2. The van der Waals surface area contributed by atoms with E-state index in [1.54, 1.807) is 6.07 Å². The van der Waals surface area contributed by atoms with Gasteiger partial charge in [0.25, 0.3) is 0 Å². The molecule has 15 heavy (non-hydrogen) atoms. The zero-order valence-corrected chi connectivity index (χ0v) is 8.87. The van der Waals surface area contributed by atoms with E-state index in [-0.39, 0.29) is 12.2 Å². The smallest absolute Gasteiger partial charge is 0.132 e. The van der Waals surface area contributed by atoms with Crippen molar-refractivity contribution < 1.29 is 19.0 Å². The Hall–Kier alpha value is -1.13. The maximum absolute atomic E-state index is 13.4. The highest BCUT2D eigenvalue weighted by molar-refractivity contribution is 5.30. The Morgan fingerprint density at radius 3 is 2.73 bits per heavy atom. The second kappa shape index (κ2) is 5.68. The van der Waals surface area contributed by atoms with Crippen LogP contribution in [0.25, 0.3) is 0 Å². The normalized spacial score (nSPS) is 12.5. The van der Waals surface area contributed by atoms with Crippen molar-refractivity contribution in [2.45, 2.75) is 13.0 Å². The van der Waals surface area contributed by atoms with Crippen LogP contribution in [-0.4, -0.2) is 25.4 Å². The summed E-state index contributed by atoms with van der Waals surface area (Å²) >= 11 is 0. The van der Waals surface area contributed by atoms with Gasteiger partial charge in [-0.05, 0) is 19.1 Å². The molecule has 1 unspecified atom stereocenters. The Morgan fingerprint density at radius 2 is 2.20 bits per heavy atom. The number of aliphatic hydroxyl groups excluding tert-OH is 1. The van der Waals surface area contributed by atoms with Gasteiger partial charge in [-0.3, -0.25) is 0 Å². The minimum absolute atomic E-state index is 0.0970.